The number of fused-ring (bicyclic) bond motifs is 5. The molecule has 7 heteroatoms. The zero-order valence-electron chi connectivity index (χ0n) is 12.5. The molecule has 0 unspecified atom stereocenters. The lowest BCUT2D eigenvalue weighted by Gasteiger charge is -2.02. The Balaban J connectivity index is 2.03. The van der Waals surface area contributed by atoms with Gasteiger partial charge in [-0.05, 0) is 24.3 Å². The van der Waals surface area contributed by atoms with Gasteiger partial charge >= 0.3 is 6.09 Å². The lowest BCUT2D eigenvalue weighted by molar-refractivity contribution is 0.203. The van der Waals surface area contributed by atoms with Crippen molar-refractivity contribution in [1.29, 1.82) is 0 Å². The molecule has 0 bridgehead atoms. The van der Waals surface area contributed by atoms with Crippen molar-refractivity contribution in [2.45, 2.75) is 0 Å². The number of nitrogens with one attached hydrogen (secondary N) is 2. The van der Waals surface area contributed by atoms with Gasteiger partial charge < -0.3 is 24.6 Å². The van der Waals surface area contributed by atoms with Gasteiger partial charge in [0.1, 0.15) is 22.7 Å². The van der Waals surface area contributed by atoms with Gasteiger partial charge in [-0.25, -0.2) is 4.79 Å². The second-order valence-electron chi connectivity index (χ2n) is 5.29. The molecule has 1 amide bonds. The molecule has 0 fully saturated rings. The van der Waals surface area contributed by atoms with E-state index in [0.29, 0.717) is 38.6 Å². The number of carbonyl (C=O) groups excluding carboxylic acids is 1. The van der Waals surface area contributed by atoms with Gasteiger partial charge in [0, 0.05) is 30.0 Å². The van der Waals surface area contributed by atoms with E-state index in [2.05, 4.69) is 10.3 Å². The predicted molar refractivity (Wildman–Crippen MR) is 88.6 cm³/mol. The van der Waals surface area contributed by atoms with Crippen LogP contribution in [-0.4, -0.2) is 23.2 Å². The third-order valence-electron chi connectivity index (χ3n) is 3.80. The summed E-state index contributed by atoms with van der Waals surface area (Å²) in [5.74, 6) is 0.356. The third kappa shape index (κ3) is 2.06. The Bertz CT molecular complexity index is 1170. The number of pyridine rings is 1. The van der Waals surface area contributed by atoms with E-state index in [1.54, 1.807) is 24.3 Å². The predicted octanol–water partition coefficient (Wildman–Crippen LogP) is 2.85. The summed E-state index contributed by atoms with van der Waals surface area (Å²) in [6.07, 6.45) is -0.593. The Morgan fingerprint density at radius 3 is 2.79 bits per heavy atom. The standard InChI is InChI=1S/C17H12N2O5/c1-18-17(22)23-9-3-5-11-13(7-9)24-15-10-4-2-8(20)6-12(10)19-16(21)14(11)15/h2-7,20H,1H3,(H,18,22)(H,19,21). The first-order chi connectivity index (χ1) is 11.6. The summed E-state index contributed by atoms with van der Waals surface area (Å²) < 4.78 is 10.9. The Kier molecular flexibility index (Phi) is 2.96. The number of H-pyrrole nitrogens is 1. The van der Waals surface area contributed by atoms with Crippen LogP contribution in [-0.2, 0) is 0 Å². The van der Waals surface area contributed by atoms with Crippen LogP contribution in [0.3, 0.4) is 0 Å². The molecule has 2 aromatic carbocycles. The van der Waals surface area contributed by atoms with Crippen molar-refractivity contribution in [3.63, 3.8) is 0 Å². The SMILES string of the molecule is CNC(=O)Oc1ccc2c(c1)oc1c3ccc(O)cc3[nH]c(=O)c21. The summed E-state index contributed by atoms with van der Waals surface area (Å²) in [4.78, 5) is 26.4. The van der Waals surface area contributed by atoms with Crippen LogP contribution in [0.25, 0.3) is 32.8 Å². The van der Waals surface area contributed by atoms with Crippen molar-refractivity contribution < 1.29 is 19.1 Å². The van der Waals surface area contributed by atoms with Gasteiger partial charge in [0.15, 0.2) is 0 Å². The molecule has 24 heavy (non-hydrogen) atoms. The molecule has 4 aromatic rings. The summed E-state index contributed by atoms with van der Waals surface area (Å²) in [7, 11) is 1.46. The molecular formula is C17H12N2O5. The van der Waals surface area contributed by atoms with Crippen LogP contribution in [0.5, 0.6) is 11.5 Å². The van der Waals surface area contributed by atoms with E-state index in [1.807, 2.05) is 0 Å². The number of amides is 1. The highest BCUT2D eigenvalue weighted by Gasteiger charge is 2.15. The maximum absolute atomic E-state index is 12.4. The van der Waals surface area contributed by atoms with Gasteiger partial charge in [-0.2, -0.15) is 0 Å². The first kappa shape index (κ1) is 14.1. The maximum Gasteiger partial charge on any atom is 0.412 e. The summed E-state index contributed by atoms with van der Waals surface area (Å²) in [6.45, 7) is 0. The van der Waals surface area contributed by atoms with E-state index in [1.165, 1.54) is 19.2 Å². The average Bonchev–Trinajstić information content (AvgIpc) is 2.93. The number of phenolic OH excluding ortho intramolecular Hbond substituents is 1. The number of aromatic hydroxyl groups is 1. The van der Waals surface area contributed by atoms with Crippen LogP contribution in [0.4, 0.5) is 4.79 Å². The highest BCUT2D eigenvalue weighted by molar-refractivity contribution is 6.13. The molecule has 0 radical (unpaired) electrons. The highest BCUT2D eigenvalue weighted by Crippen LogP contribution is 2.33. The molecule has 2 aromatic heterocycles. The van der Waals surface area contributed by atoms with Gasteiger partial charge in [-0.1, -0.05) is 0 Å². The monoisotopic (exact) mass is 324 g/mol. The van der Waals surface area contributed by atoms with Crippen LogP contribution in [0.15, 0.2) is 45.6 Å². The van der Waals surface area contributed by atoms with Crippen molar-refractivity contribution >= 4 is 38.9 Å². The number of hydrogen-bond acceptors (Lipinski definition) is 5. The summed E-state index contributed by atoms with van der Waals surface area (Å²) >= 11 is 0. The quantitative estimate of drug-likeness (QED) is 0.499. The van der Waals surface area contributed by atoms with Crippen molar-refractivity contribution in [2.75, 3.05) is 7.05 Å². The Morgan fingerprint density at radius 2 is 2.00 bits per heavy atom. The Labute approximate surface area is 134 Å². The summed E-state index contributed by atoms with van der Waals surface area (Å²) in [5, 5.41) is 13.6. The van der Waals surface area contributed by atoms with Gasteiger partial charge in [-0.15, -0.1) is 0 Å². The van der Waals surface area contributed by atoms with Crippen LogP contribution in [0.1, 0.15) is 0 Å². The normalized spacial score (nSPS) is 11.2. The fourth-order valence-electron chi connectivity index (χ4n) is 2.73. The average molecular weight is 324 g/mol. The number of benzene rings is 2. The minimum absolute atomic E-state index is 0.0508. The topological polar surface area (TPSA) is 105 Å². The van der Waals surface area contributed by atoms with E-state index < -0.39 is 6.09 Å². The number of rotatable bonds is 1. The van der Waals surface area contributed by atoms with E-state index in [9.17, 15) is 14.7 Å². The summed E-state index contributed by atoms with van der Waals surface area (Å²) in [6, 6.07) is 9.47. The number of phenols is 1. The van der Waals surface area contributed by atoms with E-state index >= 15 is 0 Å². The first-order valence-electron chi connectivity index (χ1n) is 7.17. The summed E-state index contributed by atoms with van der Waals surface area (Å²) in [5.41, 5.74) is 1.01. The fourth-order valence-corrected chi connectivity index (χ4v) is 2.73. The molecule has 0 atom stereocenters. The lowest BCUT2D eigenvalue weighted by Crippen LogP contribution is -2.21. The van der Waals surface area contributed by atoms with Crippen molar-refractivity contribution in [1.82, 2.24) is 10.3 Å². The molecule has 0 aliphatic carbocycles. The highest BCUT2D eigenvalue weighted by atomic mass is 16.6. The fraction of sp³-hybridized carbons (Fsp3) is 0.0588. The Morgan fingerprint density at radius 1 is 1.21 bits per heavy atom. The minimum Gasteiger partial charge on any atom is -0.508 e. The molecule has 0 aliphatic rings. The number of aromatic amines is 1. The Hall–Kier alpha value is -3.48. The molecule has 0 saturated carbocycles. The number of ether oxygens (including phenoxy) is 1. The third-order valence-corrected chi connectivity index (χ3v) is 3.80. The first-order valence-corrected chi connectivity index (χ1v) is 7.17. The van der Waals surface area contributed by atoms with E-state index in [0.717, 1.165) is 0 Å². The number of furan rings is 1. The molecular weight excluding hydrogens is 312 g/mol. The molecule has 120 valence electrons. The van der Waals surface area contributed by atoms with Crippen LogP contribution in [0.2, 0.25) is 0 Å². The van der Waals surface area contributed by atoms with Crippen molar-refractivity contribution in [3.05, 3.63) is 46.8 Å². The van der Waals surface area contributed by atoms with Crippen LogP contribution >= 0.6 is 0 Å². The maximum atomic E-state index is 12.4. The van der Waals surface area contributed by atoms with E-state index in [4.69, 9.17) is 9.15 Å². The molecule has 0 spiro atoms. The van der Waals surface area contributed by atoms with E-state index in [-0.39, 0.29) is 11.3 Å². The minimum atomic E-state index is -0.593. The second-order valence-corrected chi connectivity index (χ2v) is 5.29. The molecule has 0 saturated heterocycles. The van der Waals surface area contributed by atoms with Crippen LogP contribution < -0.4 is 15.6 Å². The zero-order valence-corrected chi connectivity index (χ0v) is 12.5. The molecule has 0 aliphatic heterocycles. The molecule has 3 N–H and O–H groups in total. The molecule has 7 nitrogen and oxygen atoms in total. The van der Waals surface area contributed by atoms with Gasteiger partial charge in [0.25, 0.3) is 5.56 Å². The second kappa shape index (κ2) is 5.02. The molecule has 2 heterocycles. The largest absolute Gasteiger partial charge is 0.508 e. The smallest absolute Gasteiger partial charge is 0.412 e. The van der Waals surface area contributed by atoms with Gasteiger partial charge in [0.05, 0.1) is 10.9 Å². The number of carbonyl (C=O) groups is 1. The number of hydrogen-bond donors (Lipinski definition) is 3. The van der Waals surface area contributed by atoms with Crippen molar-refractivity contribution in [2.24, 2.45) is 0 Å². The molecule has 4 rings (SSSR count). The van der Waals surface area contributed by atoms with Gasteiger partial charge in [0.2, 0.25) is 0 Å². The zero-order chi connectivity index (χ0) is 16.8. The lowest BCUT2D eigenvalue weighted by atomic mass is 10.1. The van der Waals surface area contributed by atoms with Crippen molar-refractivity contribution in [3.8, 4) is 11.5 Å². The van der Waals surface area contributed by atoms with Crippen LogP contribution in [0, 0.1) is 0 Å². The number of aromatic nitrogens is 1. The van der Waals surface area contributed by atoms with Gasteiger partial charge in [-0.3, -0.25) is 4.79 Å².